The van der Waals surface area contributed by atoms with Gasteiger partial charge in [-0.05, 0) is 105 Å². The number of aromatic amines is 2. The highest BCUT2D eigenvalue weighted by atomic mass is 16.5. The third-order valence-electron chi connectivity index (χ3n) is 11.0. The Morgan fingerprint density at radius 3 is 2.06 bits per heavy atom. The number of esters is 2. The Labute approximate surface area is 312 Å². The van der Waals surface area contributed by atoms with Crippen molar-refractivity contribution >= 4 is 51.1 Å². The summed E-state index contributed by atoms with van der Waals surface area (Å²) in [5.41, 5.74) is 18.4. The number of methoxy groups -OCH3 is 2. The summed E-state index contributed by atoms with van der Waals surface area (Å²) >= 11 is 0. The van der Waals surface area contributed by atoms with Crippen LogP contribution in [0.2, 0.25) is 0 Å². The molecule has 2 aliphatic rings. The molecule has 1 amide bonds. The lowest BCUT2D eigenvalue weighted by atomic mass is 9.84. The molecular formula is C42H56N6O5. The number of unbranched alkanes of at least 4 members (excludes halogenated alkanes) is 3. The SMILES string of the molecule is CCc1c(C)c2cc3[nH]c(cc4nc(c(CC(=O)OC)c5nc(cc1[nH]2)C(C)=C5C(=O)NCCCCCCN)C(CCC(=O)OC)C4C)c(C)c3CC. The second kappa shape index (κ2) is 17.4. The van der Waals surface area contributed by atoms with Crippen molar-refractivity contribution in [1.29, 1.82) is 0 Å². The Hall–Kier alpha value is -4.77. The zero-order valence-electron chi connectivity index (χ0n) is 32.7. The molecule has 3 aromatic heterocycles. The van der Waals surface area contributed by atoms with Crippen molar-refractivity contribution in [2.75, 3.05) is 27.3 Å². The molecule has 3 aromatic rings. The zero-order chi connectivity index (χ0) is 38.4. The molecule has 2 aliphatic heterocycles. The number of H-pyrrole nitrogens is 2. The molecule has 5 N–H and O–H groups in total. The lowest BCUT2D eigenvalue weighted by Crippen LogP contribution is -2.26. The first-order valence-corrected chi connectivity index (χ1v) is 19.1. The Morgan fingerprint density at radius 1 is 0.811 bits per heavy atom. The number of allylic oxidation sites excluding steroid dienone is 1. The minimum Gasteiger partial charge on any atom is -0.469 e. The summed E-state index contributed by atoms with van der Waals surface area (Å²) in [6.45, 7) is 13.7. The molecule has 0 saturated heterocycles. The molecule has 0 saturated carbocycles. The molecule has 5 heterocycles. The van der Waals surface area contributed by atoms with Crippen LogP contribution < -0.4 is 11.1 Å². The van der Waals surface area contributed by atoms with E-state index in [9.17, 15) is 14.4 Å². The van der Waals surface area contributed by atoms with E-state index in [1.165, 1.54) is 19.8 Å². The molecule has 2 atom stereocenters. The molecule has 5 rings (SSSR count). The van der Waals surface area contributed by atoms with Crippen LogP contribution in [0.3, 0.4) is 0 Å². The fraction of sp³-hybridized carbons (Fsp3) is 0.500. The first kappa shape index (κ1) is 39.4. The summed E-state index contributed by atoms with van der Waals surface area (Å²) < 4.78 is 10.3. The van der Waals surface area contributed by atoms with Crippen LogP contribution in [0.4, 0.5) is 0 Å². The highest BCUT2D eigenvalue weighted by molar-refractivity contribution is 6.27. The van der Waals surface area contributed by atoms with Gasteiger partial charge >= 0.3 is 11.9 Å². The van der Waals surface area contributed by atoms with E-state index in [2.05, 4.69) is 62.0 Å². The van der Waals surface area contributed by atoms with Crippen LogP contribution in [0.1, 0.15) is 129 Å². The average molecular weight is 725 g/mol. The molecular weight excluding hydrogens is 668 g/mol. The van der Waals surface area contributed by atoms with Crippen LogP contribution in [0.25, 0.3) is 33.2 Å². The van der Waals surface area contributed by atoms with Gasteiger partial charge in [0.15, 0.2) is 0 Å². The van der Waals surface area contributed by atoms with Crippen LogP contribution in [-0.4, -0.2) is 65.1 Å². The number of nitrogens with zero attached hydrogens (tertiary/aromatic N) is 2. The Morgan fingerprint density at radius 2 is 1.43 bits per heavy atom. The number of ether oxygens (including phenoxy) is 2. The summed E-state index contributed by atoms with van der Waals surface area (Å²) in [5, 5.41) is 3.13. The van der Waals surface area contributed by atoms with Crippen molar-refractivity contribution < 1.29 is 23.9 Å². The van der Waals surface area contributed by atoms with E-state index in [4.69, 9.17) is 25.2 Å². The predicted octanol–water partition coefficient (Wildman–Crippen LogP) is 7.18. The topological polar surface area (TPSA) is 165 Å². The van der Waals surface area contributed by atoms with E-state index in [-0.39, 0.29) is 36.6 Å². The minimum atomic E-state index is -0.475. The number of fused-ring (bicyclic) bond motifs is 8. The minimum absolute atomic E-state index is 0.119. The molecule has 0 spiro atoms. The van der Waals surface area contributed by atoms with Crippen LogP contribution in [-0.2, 0) is 43.1 Å². The van der Waals surface area contributed by atoms with Gasteiger partial charge in [-0.3, -0.25) is 19.4 Å². The fourth-order valence-electron chi connectivity index (χ4n) is 7.84. The van der Waals surface area contributed by atoms with Gasteiger partial charge in [-0.2, -0.15) is 0 Å². The fourth-order valence-corrected chi connectivity index (χ4v) is 7.84. The zero-order valence-corrected chi connectivity index (χ0v) is 32.7. The van der Waals surface area contributed by atoms with Crippen LogP contribution in [0.15, 0.2) is 18.2 Å². The molecule has 284 valence electrons. The number of nitrogens with two attached hydrogens (primary N) is 1. The number of hydrogen-bond donors (Lipinski definition) is 4. The van der Waals surface area contributed by atoms with Crippen molar-refractivity contribution in [1.82, 2.24) is 25.3 Å². The van der Waals surface area contributed by atoms with Crippen LogP contribution in [0, 0.1) is 13.8 Å². The largest absolute Gasteiger partial charge is 0.469 e. The summed E-state index contributed by atoms with van der Waals surface area (Å²) in [4.78, 5) is 57.8. The summed E-state index contributed by atoms with van der Waals surface area (Å²) in [6.07, 6.45) is 5.83. The van der Waals surface area contributed by atoms with E-state index in [0.717, 1.165) is 83.0 Å². The molecule has 0 fully saturated rings. The second-order valence-electron chi connectivity index (χ2n) is 14.2. The van der Waals surface area contributed by atoms with Gasteiger partial charge in [0, 0.05) is 58.1 Å². The quantitative estimate of drug-likeness (QED) is 0.100. The number of hydrogen-bond acceptors (Lipinski definition) is 8. The van der Waals surface area contributed by atoms with Crippen molar-refractivity contribution in [2.24, 2.45) is 5.73 Å². The van der Waals surface area contributed by atoms with E-state index in [0.29, 0.717) is 53.3 Å². The van der Waals surface area contributed by atoms with Crippen LogP contribution in [0.5, 0.6) is 0 Å². The lowest BCUT2D eigenvalue weighted by molar-refractivity contribution is -0.141. The molecule has 0 aliphatic carbocycles. The number of nitrogens with one attached hydrogen (secondary N) is 3. The van der Waals surface area contributed by atoms with E-state index in [1.807, 2.05) is 13.0 Å². The van der Waals surface area contributed by atoms with Gasteiger partial charge in [0.05, 0.1) is 43.3 Å². The Balaban J connectivity index is 1.89. The van der Waals surface area contributed by atoms with Gasteiger partial charge in [-0.15, -0.1) is 0 Å². The smallest absolute Gasteiger partial charge is 0.310 e. The monoisotopic (exact) mass is 724 g/mol. The highest BCUT2D eigenvalue weighted by Gasteiger charge is 2.35. The van der Waals surface area contributed by atoms with E-state index >= 15 is 0 Å². The predicted molar refractivity (Wildman–Crippen MR) is 210 cm³/mol. The molecule has 8 bridgehead atoms. The standard InChI is InChI=1S/C42H56N6O5/c1-9-27-23(3)31-20-33-25(5)29(15-16-37(49)52-7)40(47-33)30(19-38(50)53-8)41-39(42(51)44-18-14-12-11-13-17-43)26(6)34(48-41)22-36-28(10-2)24(4)32(46-36)21-35(27)45-31/h20-22,25,29,45-46H,9-19,43H2,1-8H3,(H,44,51). The van der Waals surface area contributed by atoms with Gasteiger partial charge in [-0.1, -0.05) is 33.6 Å². The third-order valence-corrected chi connectivity index (χ3v) is 11.0. The Bertz CT molecular complexity index is 2070. The molecule has 11 heteroatoms. The second-order valence-corrected chi connectivity index (χ2v) is 14.2. The number of carbonyl (C=O) groups excluding carboxylic acids is 3. The number of rotatable bonds is 14. The molecule has 53 heavy (non-hydrogen) atoms. The molecule has 0 radical (unpaired) electrons. The summed E-state index contributed by atoms with van der Waals surface area (Å²) in [6, 6.07) is 6.28. The lowest BCUT2D eigenvalue weighted by Gasteiger charge is -2.18. The summed E-state index contributed by atoms with van der Waals surface area (Å²) in [5.74, 6) is -1.44. The Kier molecular flexibility index (Phi) is 12.9. The normalized spacial score (nSPS) is 15.5. The van der Waals surface area contributed by atoms with Crippen molar-refractivity contribution in [3.8, 4) is 0 Å². The van der Waals surface area contributed by atoms with Gasteiger partial charge in [0.25, 0.3) is 5.91 Å². The average Bonchev–Trinajstić information content (AvgIpc) is 3.83. The summed E-state index contributed by atoms with van der Waals surface area (Å²) in [7, 11) is 2.73. The maximum atomic E-state index is 14.2. The molecule has 2 unspecified atom stereocenters. The van der Waals surface area contributed by atoms with Gasteiger partial charge in [0.1, 0.15) is 0 Å². The number of carbonyl (C=O) groups is 3. The third kappa shape index (κ3) is 8.25. The van der Waals surface area contributed by atoms with E-state index < -0.39 is 5.97 Å². The molecule has 0 aromatic carbocycles. The van der Waals surface area contributed by atoms with Gasteiger partial charge in [0.2, 0.25) is 0 Å². The van der Waals surface area contributed by atoms with Gasteiger partial charge in [-0.25, -0.2) is 4.98 Å². The number of amides is 1. The molecule has 11 nitrogen and oxygen atoms in total. The van der Waals surface area contributed by atoms with Crippen LogP contribution >= 0.6 is 0 Å². The maximum Gasteiger partial charge on any atom is 0.310 e. The number of aromatic nitrogens is 4. The highest BCUT2D eigenvalue weighted by Crippen LogP contribution is 2.44. The first-order valence-electron chi connectivity index (χ1n) is 19.1. The maximum absolute atomic E-state index is 14.2. The van der Waals surface area contributed by atoms with Crippen molar-refractivity contribution in [2.45, 2.75) is 111 Å². The van der Waals surface area contributed by atoms with E-state index in [1.54, 1.807) is 0 Å². The van der Waals surface area contributed by atoms with Crippen molar-refractivity contribution in [3.63, 3.8) is 0 Å². The number of aryl methyl sites for hydroxylation is 4. The van der Waals surface area contributed by atoms with Gasteiger partial charge < -0.3 is 30.5 Å². The van der Waals surface area contributed by atoms with Crippen molar-refractivity contribution in [3.05, 3.63) is 68.8 Å². The first-order chi connectivity index (χ1) is 25.5.